The summed E-state index contributed by atoms with van der Waals surface area (Å²) in [4.78, 5) is 33.5. The number of amides is 2. The second-order valence-electron chi connectivity index (χ2n) is 4.14. The summed E-state index contributed by atoms with van der Waals surface area (Å²) in [6.07, 6.45) is -7.66. The number of halogens is 3. The van der Waals surface area contributed by atoms with E-state index in [9.17, 15) is 27.6 Å². The maximum absolute atomic E-state index is 11.8. The highest BCUT2D eigenvalue weighted by atomic mass is 19.4. The van der Waals surface area contributed by atoms with Crippen LogP contribution in [0.1, 0.15) is 12.8 Å². The first-order valence-electron chi connectivity index (χ1n) is 5.66. The van der Waals surface area contributed by atoms with E-state index in [1.807, 2.05) is 0 Å². The van der Waals surface area contributed by atoms with E-state index in [-0.39, 0.29) is 12.3 Å². The second kappa shape index (κ2) is 6.55. The van der Waals surface area contributed by atoms with E-state index < -0.39 is 36.9 Å². The topological polar surface area (TPSA) is 108 Å². The number of ether oxygens (including phenoxy) is 2. The molecule has 1 heterocycles. The fourth-order valence-electron chi connectivity index (χ4n) is 1.76. The first-order valence-corrected chi connectivity index (χ1v) is 5.66. The third-order valence-electron chi connectivity index (χ3n) is 2.66. The summed E-state index contributed by atoms with van der Waals surface area (Å²) in [5.74, 6) is -2.08. The van der Waals surface area contributed by atoms with Crippen LogP contribution in [0.15, 0.2) is 0 Å². The molecule has 114 valence electrons. The van der Waals surface area contributed by atoms with Gasteiger partial charge >= 0.3 is 12.5 Å². The molecule has 2 atom stereocenters. The lowest BCUT2D eigenvalue weighted by Crippen LogP contribution is -2.36. The number of carbonyl (C=O) groups excluding carboxylic acids is 3. The predicted octanol–water partition coefficient (Wildman–Crippen LogP) is 0.0820. The Morgan fingerprint density at radius 2 is 2.10 bits per heavy atom. The molecular formula is C10H13F3N2O5. The van der Waals surface area contributed by atoms with Gasteiger partial charge in [0.25, 0.3) is 0 Å². The van der Waals surface area contributed by atoms with Crippen LogP contribution in [0.4, 0.5) is 18.0 Å². The molecule has 1 rings (SSSR count). The average Bonchev–Trinajstić information content (AvgIpc) is 2.69. The lowest BCUT2D eigenvalue weighted by Gasteiger charge is -2.18. The predicted molar refractivity (Wildman–Crippen MR) is 57.2 cm³/mol. The van der Waals surface area contributed by atoms with Crippen LogP contribution in [0.25, 0.3) is 0 Å². The van der Waals surface area contributed by atoms with Crippen LogP contribution in [0.5, 0.6) is 0 Å². The quantitative estimate of drug-likeness (QED) is 0.722. The number of alkyl halides is 3. The molecule has 0 aromatic rings. The minimum absolute atomic E-state index is 0.227. The lowest BCUT2D eigenvalue weighted by atomic mass is 9.98. The fourth-order valence-corrected chi connectivity index (χ4v) is 1.76. The van der Waals surface area contributed by atoms with Crippen molar-refractivity contribution in [2.75, 3.05) is 13.2 Å². The number of ketones is 1. The van der Waals surface area contributed by atoms with E-state index in [1.54, 1.807) is 0 Å². The average molecular weight is 298 g/mol. The number of primary amides is 1. The van der Waals surface area contributed by atoms with Gasteiger partial charge in [-0.25, -0.2) is 4.79 Å². The third kappa shape index (κ3) is 5.43. The maximum atomic E-state index is 11.8. The Bertz CT molecular complexity index is 399. The van der Waals surface area contributed by atoms with Crippen LogP contribution in [0.2, 0.25) is 0 Å². The zero-order valence-electron chi connectivity index (χ0n) is 10.2. The molecule has 0 aromatic carbocycles. The number of hydrogen-bond acceptors (Lipinski definition) is 5. The van der Waals surface area contributed by atoms with Gasteiger partial charge in [-0.05, 0) is 6.42 Å². The number of carbonyl (C=O) groups is 3. The number of Topliss-reactive ketones (excluding diaryl/α,β-unsaturated/α-hetero) is 1. The van der Waals surface area contributed by atoms with Crippen molar-refractivity contribution >= 4 is 17.8 Å². The van der Waals surface area contributed by atoms with Gasteiger partial charge in [0.15, 0.2) is 11.9 Å². The highest BCUT2D eigenvalue weighted by Crippen LogP contribution is 2.20. The fraction of sp³-hybridized carbons (Fsp3) is 0.700. The van der Waals surface area contributed by atoms with E-state index >= 15 is 0 Å². The minimum Gasteiger partial charge on any atom is -0.438 e. The Morgan fingerprint density at radius 1 is 1.45 bits per heavy atom. The molecule has 0 radical (unpaired) electrons. The Balaban J connectivity index is 2.60. The van der Waals surface area contributed by atoms with Crippen LogP contribution >= 0.6 is 0 Å². The van der Waals surface area contributed by atoms with Crippen molar-refractivity contribution in [2.24, 2.45) is 11.7 Å². The summed E-state index contributed by atoms with van der Waals surface area (Å²) < 4.78 is 43.3. The summed E-state index contributed by atoms with van der Waals surface area (Å²) in [6, 6.07) is 0. The molecule has 1 fully saturated rings. The monoisotopic (exact) mass is 298 g/mol. The number of rotatable bonds is 6. The molecule has 1 saturated heterocycles. The third-order valence-corrected chi connectivity index (χ3v) is 2.66. The van der Waals surface area contributed by atoms with Crippen molar-refractivity contribution in [1.29, 1.82) is 0 Å². The van der Waals surface area contributed by atoms with Gasteiger partial charge in [0, 0.05) is 18.9 Å². The van der Waals surface area contributed by atoms with Gasteiger partial charge < -0.3 is 15.8 Å². The normalized spacial score (nSPS) is 20.4. The first kappa shape index (κ1) is 16.2. The van der Waals surface area contributed by atoms with E-state index in [1.165, 1.54) is 0 Å². The van der Waals surface area contributed by atoms with Gasteiger partial charge in [0.2, 0.25) is 5.91 Å². The van der Waals surface area contributed by atoms with Gasteiger partial charge in [-0.3, -0.25) is 14.3 Å². The van der Waals surface area contributed by atoms with E-state index in [4.69, 9.17) is 5.73 Å². The molecule has 0 saturated carbocycles. The Kier molecular flexibility index (Phi) is 5.31. The van der Waals surface area contributed by atoms with Crippen LogP contribution in [-0.4, -0.2) is 43.4 Å². The molecule has 7 nitrogen and oxygen atoms in total. The molecule has 1 aliphatic heterocycles. The molecule has 3 N–H and O–H groups in total. The lowest BCUT2D eigenvalue weighted by molar-refractivity contribution is -0.321. The zero-order chi connectivity index (χ0) is 15.3. The van der Waals surface area contributed by atoms with Crippen LogP contribution < -0.4 is 11.1 Å². The zero-order valence-corrected chi connectivity index (χ0v) is 10.2. The summed E-state index contributed by atoms with van der Waals surface area (Å²) in [7, 11) is 0. The van der Waals surface area contributed by atoms with Gasteiger partial charge in [-0.15, -0.1) is 13.2 Å². The summed E-state index contributed by atoms with van der Waals surface area (Å²) in [5.41, 5.74) is 4.75. The Hall–Kier alpha value is -1.84. The molecule has 1 aliphatic rings. The molecular weight excluding hydrogens is 285 g/mol. The molecule has 1 unspecified atom stereocenters. The summed E-state index contributed by atoms with van der Waals surface area (Å²) in [6.45, 7) is -0.921. The minimum atomic E-state index is -4.97. The van der Waals surface area contributed by atoms with Crippen LogP contribution in [0.3, 0.4) is 0 Å². The van der Waals surface area contributed by atoms with Crippen LogP contribution in [-0.2, 0) is 19.1 Å². The number of nitrogens with two attached hydrogens (primary N) is 1. The van der Waals surface area contributed by atoms with Gasteiger partial charge in [-0.1, -0.05) is 0 Å². The first-order chi connectivity index (χ1) is 9.19. The van der Waals surface area contributed by atoms with Crippen molar-refractivity contribution in [3.8, 4) is 0 Å². The molecule has 20 heavy (non-hydrogen) atoms. The van der Waals surface area contributed by atoms with Crippen molar-refractivity contribution in [3.63, 3.8) is 0 Å². The second-order valence-corrected chi connectivity index (χ2v) is 4.14. The summed E-state index contributed by atoms with van der Waals surface area (Å²) in [5, 5.41) is 2.49. The maximum Gasteiger partial charge on any atom is 0.522 e. The van der Waals surface area contributed by atoms with Gasteiger partial charge in [0.1, 0.15) is 6.61 Å². The van der Waals surface area contributed by atoms with E-state index in [2.05, 4.69) is 14.8 Å². The standard InChI is InChI=1S/C10H13F3N2O5/c11-10(12,13)19-4-6(16)7(20-9(14)18)3-5-1-2-15-8(5)17/h5,7H,1-4H2,(H2,14,18)(H,15,17)/t5-,7?/m0/s1. The molecule has 0 spiro atoms. The van der Waals surface area contributed by atoms with Crippen LogP contribution in [0, 0.1) is 5.92 Å². The molecule has 0 bridgehead atoms. The van der Waals surface area contributed by atoms with Gasteiger partial charge in [-0.2, -0.15) is 0 Å². The van der Waals surface area contributed by atoms with Crippen molar-refractivity contribution in [3.05, 3.63) is 0 Å². The van der Waals surface area contributed by atoms with E-state index in [0.29, 0.717) is 13.0 Å². The van der Waals surface area contributed by atoms with E-state index in [0.717, 1.165) is 0 Å². The molecule has 10 heteroatoms. The highest BCUT2D eigenvalue weighted by molar-refractivity contribution is 5.87. The largest absolute Gasteiger partial charge is 0.522 e. The van der Waals surface area contributed by atoms with Crippen molar-refractivity contribution < 1.29 is 37.0 Å². The smallest absolute Gasteiger partial charge is 0.438 e. The molecule has 0 aromatic heterocycles. The highest BCUT2D eigenvalue weighted by Gasteiger charge is 2.35. The number of hydrogen-bond donors (Lipinski definition) is 2. The Labute approximate surface area is 111 Å². The Morgan fingerprint density at radius 3 is 2.55 bits per heavy atom. The molecule has 2 amide bonds. The number of nitrogens with one attached hydrogen (secondary N) is 1. The summed E-state index contributed by atoms with van der Waals surface area (Å²) >= 11 is 0. The van der Waals surface area contributed by atoms with Crippen molar-refractivity contribution in [1.82, 2.24) is 5.32 Å². The SMILES string of the molecule is NC(=O)OC(C[C@@H]1CCNC1=O)C(=O)COC(F)(F)F. The van der Waals surface area contributed by atoms with Crippen molar-refractivity contribution in [2.45, 2.75) is 25.3 Å². The van der Waals surface area contributed by atoms with Gasteiger partial charge in [0.05, 0.1) is 0 Å². The molecule has 0 aliphatic carbocycles.